The highest BCUT2D eigenvalue weighted by Crippen LogP contribution is 2.16. The number of nitrogens with one attached hydrogen (secondary N) is 1. The highest BCUT2D eigenvalue weighted by molar-refractivity contribution is 7.80. The molecule has 1 amide bonds. The van der Waals surface area contributed by atoms with E-state index in [4.69, 9.17) is 18.0 Å². The molecule has 2 aromatic rings. The van der Waals surface area contributed by atoms with Crippen LogP contribution in [0.3, 0.4) is 0 Å². The van der Waals surface area contributed by atoms with Crippen molar-refractivity contribution in [2.24, 2.45) is 5.73 Å². The third-order valence-electron chi connectivity index (χ3n) is 2.73. The molecule has 0 saturated heterocycles. The van der Waals surface area contributed by atoms with Crippen molar-refractivity contribution in [1.82, 2.24) is 15.5 Å². The smallest absolute Gasteiger partial charge is 0.234 e. The van der Waals surface area contributed by atoms with Gasteiger partial charge in [-0.3, -0.25) is 4.79 Å². The molecule has 20 heavy (non-hydrogen) atoms. The number of thiocarbonyl (C=S) groups is 1. The van der Waals surface area contributed by atoms with E-state index in [0.29, 0.717) is 18.8 Å². The van der Waals surface area contributed by atoms with Gasteiger partial charge in [-0.2, -0.15) is 4.98 Å². The van der Waals surface area contributed by atoms with Crippen molar-refractivity contribution in [2.75, 3.05) is 6.54 Å². The Bertz CT molecular complexity index is 571. The number of benzene rings is 1. The quantitative estimate of drug-likeness (QED) is 0.764. The van der Waals surface area contributed by atoms with Gasteiger partial charge in [0.2, 0.25) is 12.3 Å². The lowest BCUT2D eigenvalue weighted by atomic mass is 9.98. The van der Waals surface area contributed by atoms with Crippen molar-refractivity contribution < 1.29 is 9.32 Å². The molecule has 0 fully saturated rings. The molecule has 0 aliphatic heterocycles. The Labute approximate surface area is 121 Å². The predicted molar refractivity (Wildman–Crippen MR) is 77.0 cm³/mol. The topological polar surface area (TPSA) is 94.0 Å². The zero-order valence-electron chi connectivity index (χ0n) is 10.7. The molecule has 1 aromatic carbocycles. The van der Waals surface area contributed by atoms with Crippen LogP contribution in [0.2, 0.25) is 0 Å². The molecule has 0 spiro atoms. The highest BCUT2D eigenvalue weighted by Gasteiger charge is 2.22. The van der Waals surface area contributed by atoms with E-state index >= 15 is 0 Å². The van der Waals surface area contributed by atoms with E-state index in [0.717, 1.165) is 5.56 Å². The molecule has 0 bridgehead atoms. The SMILES string of the molecule is NC(=S)C(C(=O)NCCc1ncon1)c1ccccc1. The largest absolute Gasteiger partial charge is 0.392 e. The van der Waals surface area contributed by atoms with Crippen molar-refractivity contribution in [3.8, 4) is 0 Å². The Morgan fingerprint density at radius 3 is 2.75 bits per heavy atom. The average Bonchev–Trinajstić information content (AvgIpc) is 2.93. The molecule has 3 N–H and O–H groups in total. The molecule has 2 rings (SSSR count). The lowest BCUT2D eigenvalue weighted by Crippen LogP contribution is -2.37. The van der Waals surface area contributed by atoms with E-state index in [1.165, 1.54) is 6.39 Å². The first-order valence-corrected chi connectivity index (χ1v) is 6.46. The van der Waals surface area contributed by atoms with Crippen molar-refractivity contribution in [2.45, 2.75) is 12.3 Å². The summed E-state index contributed by atoms with van der Waals surface area (Å²) in [7, 11) is 0. The highest BCUT2D eigenvalue weighted by atomic mass is 32.1. The number of carbonyl (C=O) groups excluding carboxylic acids is 1. The molecule has 0 aliphatic rings. The first-order chi connectivity index (χ1) is 9.68. The van der Waals surface area contributed by atoms with Crippen LogP contribution in [0, 0.1) is 0 Å². The van der Waals surface area contributed by atoms with Gasteiger partial charge in [-0.15, -0.1) is 0 Å². The fourth-order valence-corrected chi connectivity index (χ4v) is 2.04. The van der Waals surface area contributed by atoms with Crippen molar-refractivity contribution in [1.29, 1.82) is 0 Å². The molecule has 1 heterocycles. The number of carbonyl (C=O) groups is 1. The number of nitrogens with zero attached hydrogens (tertiary/aromatic N) is 2. The van der Waals surface area contributed by atoms with Crippen LogP contribution in [-0.2, 0) is 11.2 Å². The fourth-order valence-electron chi connectivity index (χ4n) is 1.79. The molecule has 7 heteroatoms. The first kappa shape index (κ1) is 14.1. The lowest BCUT2D eigenvalue weighted by Gasteiger charge is -2.15. The second kappa shape index (κ2) is 6.76. The van der Waals surface area contributed by atoms with Crippen molar-refractivity contribution in [3.05, 3.63) is 48.1 Å². The number of aromatic nitrogens is 2. The maximum Gasteiger partial charge on any atom is 0.234 e. The van der Waals surface area contributed by atoms with E-state index in [-0.39, 0.29) is 10.9 Å². The minimum absolute atomic E-state index is 0.147. The molecule has 1 aromatic heterocycles. The summed E-state index contributed by atoms with van der Waals surface area (Å²) in [4.78, 5) is 16.2. The molecule has 0 aliphatic carbocycles. The normalized spacial score (nSPS) is 11.8. The van der Waals surface area contributed by atoms with Gasteiger partial charge in [-0.25, -0.2) is 0 Å². The maximum atomic E-state index is 12.2. The van der Waals surface area contributed by atoms with Crippen LogP contribution in [0.1, 0.15) is 17.3 Å². The molecule has 104 valence electrons. The van der Waals surface area contributed by atoms with Gasteiger partial charge < -0.3 is 15.6 Å². The van der Waals surface area contributed by atoms with Crippen LogP contribution in [-0.4, -0.2) is 27.6 Å². The molecular weight excluding hydrogens is 276 g/mol. The van der Waals surface area contributed by atoms with Crippen LogP contribution >= 0.6 is 12.2 Å². The van der Waals surface area contributed by atoms with Crippen molar-refractivity contribution >= 4 is 23.1 Å². The zero-order valence-corrected chi connectivity index (χ0v) is 11.5. The second-order valence-corrected chi connectivity index (χ2v) is 4.61. The summed E-state index contributed by atoms with van der Waals surface area (Å²) in [6, 6.07) is 9.19. The predicted octanol–water partition coefficient (Wildman–Crippen LogP) is 0.798. The van der Waals surface area contributed by atoms with Gasteiger partial charge in [-0.05, 0) is 5.56 Å². The Morgan fingerprint density at radius 1 is 1.40 bits per heavy atom. The van der Waals surface area contributed by atoms with Crippen LogP contribution in [0.4, 0.5) is 0 Å². The minimum atomic E-state index is -0.628. The first-order valence-electron chi connectivity index (χ1n) is 6.05. The van der Waals surface area contributed by atoms with Gasteiger partial charge in [0.05, 0.1) is 4.99 Å². The van der Waals surface area contributed by atoms with E-state index in [1.807, 2.05) is 30.3 Å². The third kappa shape index (κ3) is 3.61. The zero-order chi connectivity index (χ0) is 14.4. The lowest BCUT2D eigenvalue weighted by molar-refractivity contribution is -0.121. The molecule has 6 nitrogen and oxygen atoms in total. The minimum Gasteiger partial charge on any atom is -0.392 e. The molecular formula is C13H14N4O2S. The number of nitrogens with two attached hydrogens (primary N) is 1. The maximum absolute atomic E-state index is 12.2. The summed E-state index contributed by atoms with van der Waals surface area (Å²) < 4.78 is 4.61. The summed E-state index contributed by atoms with van der Waals surface area (Å²) in [5.74, 6) is -0.319. The van der Waals surface area contributed by atoms with Gasteiger partial charge in [0.25, 0.3) is 0 Å². The Morgan fingerprint density at radius 2 is 2.15 bits per heavy atom. The molecule has 0 saturated carbocycles. The monoisotopic (exact) mass is 290 g/mol. The van der Waals surface area contributed by atoms with Gasteiger partial charge in [0, 0.05) is 13.0 Å². The Kier molecular flexibility index (Phi) is 4.78. The molecule has 1 atom stereocenters. The van der Waals surface area contributed by atoms with E-state index in [2.05, 4.69) is 20.0 Å². The Balaban J connectivity index is 1.96. The number of rotatable bonds is 6. The van der Waals surface area contributed by atoms with E-state index < -0.39 is 5.92 Å². The van der Waals surface area contributed by atoms with Crippen LogP contribution in [0.5, 0.6) is 0 Å². The third-order valence-corrected chi connectivity index (χ3v) is 2.97. The Hall–Kier alpha value is -2.28. The summed E-state index contributed by atoms with van der Waals surface area (Å²) in [5.41, 5.74) is 6.44. The number of amides is 1. The van der Waals surface area contributed by atoms with Crippen LogP contribution in [0.15, 0.2) is 41.2 Å². The summed E-state index contributed by atoms with van der Waals surface area (Å²) in [5, 5.41) is 6.44. The summed E-state index contributed by atoms with van der Waals surface area (Å²) in [6.45, 7) is 0.393. The fraction of sp³-hybridized carbons (Fsp3) is 0.231. The number of hydrogen-bond donors (Lipinski definition) is 2. The molecule has 0 radical (unpaired) electrons. The van der Waals surface area contributed by atoms with Gasteiger partial charge in [0.15, 0.2) is 5.82 Å². The second-order valence-electron chi connectivity index (χ2n) is 4.13. The van der Waals surface area contributed by atoms with E-state index in [9.17, 15) is 4.79 Å². The summed E-state index contributed by atoms with van der Waals surface area (Å²) >= 11 is 4.98. The van der Waals surface area contributed by atoms with Crippen molar-refractivity contribution in [3.63, 3.8) is 0 Å². The summed E-state index contributed by atoms with van der Waals surface area (Å²) in [6.07, 6.45) is 1.74. The van der Waals surface area contributed by atoms with Crippen LogP contribution in [0.25, 0.3) is 0 Å². The average molecular weight is 290 g/mol. The van der Waals surface area contributed by atoms with Gasteiger partial charge in [0.1, 0.15) is 5.92 Å². The number of hydrogen-bond acceptors (Lipinski definition) is 5. The van der Waals surface area contributed by atoms with E-state index in [1.54, 1.807) is 0 Å². The molecule has 1 unspecified atom stereocenters. The standard InChI is InChI=1S/C13H14N4O2S/c14-12(20)11(9-4-2-1-3-5-9)13(18)15-7-6-10-16-8-19-17-10/h1-5,8,11H,6-7H2,(H2,14,20)(H,15,18). The van der Waals surface area contributed by atoms with Gasteiger partial charge in [-0.1, -0.05) is 47.7 Å². The van der Waals surface area contributed by atoms with Crippen LogP contribution < -0.4 is 11.1 Å². The van der Waals surface area contributed by atoms with Gasteiger partial charge >= 0.3 is 0 Å².